The first kappa shape index (κ1) is 23.2. The Labute approximate surface area is 200 Å². The third kappa shape index (κ3) is 5.01. The number of para-hydroxylation sites is 1. The van der Waals surface area contributed by atoms with E-state index in [2.05, 4.69) is 10.6 Å². The molecule has 1 aliphatic heterocycles. The van der Waals surface area contributed by atoms with Gasteiger partial charge in [0.1, 0.15) is 0 Å². The van der Waals surface area contributed by atoms with Crippen molar-refractivity contribution in [2.75, 3.05) is 22.1 Å². The summed E-state index contributed by atoms with van der Waals surface area (Å²) < 4.78 is 0. The van der Waals surface area contributed by atoms with E-state index in [0.29, 0.717) is 17.8 Å². The maximum atomic E-state index is 12.9. The van der Waals surface area contributed by atoms with Crippen LogP contribution in [0.25, 0.3) is 0 Å². The minimum absolute atomic E-state index is 0.0531. The highest BCUT2D eigenvalue weighted by atomic mass is 16.2. The molecule has 0 saturated carbocycles. The molecule has 1 heterocycles. The zero-order valence-electron chi connectivity index (χ0n) is 19.7. The number of hydrogen-bond acceptors (Lipinski definition) is 3. The van der Waals surface area contributed by atoms with Gasteiger partial charge in [-0.2, -0.15) is 0 Å². The molecule has 4 rings (SSSR count). The summed E-state index contributed by atoms with van der Waals surface area (Å²) in [7, 11) is 0. The molecule has 6 heteroatoms. The minimum Gasteiger partial charge on any atom is -0.326 e. The molecule has 3 aromatic rings. The van der Waals surface area contributed by atoms with Gasteiger partial charge in [0.25, 0.3) is 5.91 Å². The van der Waals surface area contributed by atoms with Crippen molar-refractivity contribution in [3.05, 3.63) is 89.0 Å². The van der Waals surface area contributed by atoms with E-state index >= 15 is 0 Å². The minimum atomic E-state index is -0.454. The van der Waals surface area contributed by atoms with Crippen LogP contribution in [0.2, 0.25) is 0 Å². The van der Waals surface area contributed by atoms with Crippen molar-refractivity contribution in [3.8, 4) is 0 Å². The SMILES string of the molecule is CCc1ccccc1N1C[C@@H](C(=O)Nc2cccc(C(=O)Nc3ccc(C)cc3C)c2)CC1=O. The summed E-state index contributed by atoms with van der Waals surface area (Å²) in [4.78, 5) is 40.1. The van der Waals surface area contributed by atoms with Crippen LogP contribution in [0, 0.1) is 19.8 Å². The van der Waals surface area contributed by atoms with E-state index in [4.69, 9.17) is 0 Å². The van der Waals surface area contributed by atoms with Gasteiger partial charge in [-0.1, -0.05) is 48.9 Å². The Morgan fingerprint density at radius 3 is 2.53 bits per heavy atom. The molecule has 3 amide bonds. The standard InChI is InChI=1S/C28H29N3O3/c1-4-20-8-5-6-11-25(20)31-17-22(16-26(31)32)28(34)29-23-10-7-9-21(15-23)27(33)30-24-13-12-18(2)14-19(24)3/h5-15,22H,4,16-17H2,1-3H3,(H,29,34)(H,30,33)/t22-/m0/s1. The molecule has 0 unspecified atom stereocenters. The van der Waals surface area contributed by atoms with Gasteiger partial charge in [0.15, 0.2) is 0 Å². The zero-order chi connectivity index (χ0) is 24.2. The molecule has 174 valence electrons. The maximum Gasteiger partial charge on any atom is 0.255 e. The highest BCUT2D eigenvalue weighted by Gasteiger charge is 2.35. The van der Waals surface area contributed by atoms with Gasteiger partial charge < -0.3 is 15.5 Å². The van der Waals surface area contributed by atoms with Crippen LogP contribution in [0.1, 0.15) is 40.4 Å². The number of anilines is 3. The Morgan fingerprint density at radius 1 is 0.971 bits per heavy atom. The third-order valence-corrected chi connectivity index (χ3v) is 6.18. The Bertz CT molecular complexity index is 1250. The van der Waals surface area contributed by atoms with Crippen LogP contribution in [0.15, 0.2) is 66.7 Å². The number of rotatable bonds is 6. The Kier molecular flexibility index (Phi) is 6.77. The van der Waals surface area contributed by atoms with Crippen molar-refractivity contribution in [3.63, 3.8) is 0 Å². The van der Waals surface area contributed by atoms with E-state index in [0.717, 1.165) is 34.5 Å². The number of carbonyl (C=O) groups is 3. The first-order chi connectivity index (χ1) is 16.4. The smallest absolute Gasteiger partial charge is 0.255 e. The molecule has 3 aromatic carbocycles. The molecule has 0 spiro atoms. The molecule has 1 saturated heterocycles. The third-order valence-electron chi connectivity index (χ3n) is 6.18. The Hall–Kier alpha value is -3.93. The highest BCUT2D eigenvalue weighted by Crippen LogP contribution is 2.29. The summed E-state index contributed by atoms with van der Waals surface area (Å²) in [6.07, 6.45) is 0.977. The topological polar surface area (TPSA) is 78.5 Å². The molecule has 1 atom stereocenters. The van der Waals surface area contributed by atoms with Crippen LogP contribution >= 0.6 is 0 Å². The second-order valence-corrected chi connectivity index (χ2v) is 8.73. The fourth-order valence-electron chi connectivity index (χ4n) is 4.32. The monoisotopic (exact) mass is 455 g/mol. The molecule has 34 heavy (non-hydrogen) atoms. The Morgan fingerprint density at radius 2 is 1.76 bits per heavy atom. The molecule has 0 aromatic heterocycles. The Balaban J connectivity index is 1.43. The van der Waals surface area contributed by atoms with E-state index in [1.54, 1.807) is 29.2 Å². The number of carbonyl (C=O) groups excluding carboxylic acids is 3. The first-order valence-corrected chi connectivity index (χ1v) is 11.5. The van der Waals surface area contributed by atoms with Gasteiger partial charge in [-0.25, -0.2) is 0 Å². The number of aryl methyl sites for hydroxylation is 3. The second-order valence-electron chi connectivity index (χ2n) is 8.73. The summed E-state index contributed by atoms with van der Waals surface area (Å²) in [5.41, 5.74) is 5.79. The largest absolute Gasteiger partial charge is 0.326 e. The lowest BCUT2D eigenvalue weighted by molar-refractivity contribution is -0.122. The van der Waals surface area contributed by atoms with Gasteiger partial charge in [-0.15, -0.1) is 0 Å². The van der Waals surface area contributed by atoms with Gasteiger partial charge in [0.2, 0.25) is 11.8 Å². The average molecular weight is 456 g/mol. The first-order valence-electron chi connectivity index (χ1n) is 11.5. The summed E-state index contributed by atoms with van der Waals surface area (Å²) in [6, 6.07) is 20.5. The lowest BCUT2D eigenvalue weighted by atomic mass is 10.1. The van der Waals surface area contributed by atoms with Crippen LogP contribution in [-0.2, 0) is 16.0 Å². The lowest BCUT2D eigenvalue weighted by Crippen LogP contribution is -2.28. The van der Waals surface area contributed by atoms with Crippen molar-refractivity contribution in [2.45, 2.75) is 33.6 Å². The molecule has 2 N–H and O–H groups in total. The quantitative estimate of drug-likeness (QED) is 0.542. The number of hydrogen-bond donors (Lipinski definition) is 2. The van der Waals surface area contributed by atoms with E-state index in [1.807, 2.05) is 63.2 Å². The van der Waals surface area contributed by atoms with Gasteiger partial charge in [-0.05, 0) is 61.7 Å². The summed E-state index contributed by atoms with van der Waals surface area (Å²) in [6.45, 7) is 6.34. The number of nitrogens with one attached hydrogen (secondary N) is 2. The van der Waals surface area contributed by atoms with Crippen LogP contribution < -0.4 is 15.5 Å². The molecule has 0 aliphatic carbocycles. The van der Waals surface area contributed by atoms with Crippen molar-refractivity contribution < 1.29 is 14.4 Å². The number of benzene rings is 3. The van der Waals surface area contributed by atoms with Gasteiger partial charge in [-0.3, -0.25) is 14.4 Å². The zero-order valence-corrected chi connectivity index (χ0v) is 19.7. The van der Waals surface area contributed by atoms with Crippen molar-refractivity contribution in [1.29, 1.82) is 0 Å². The molecular formula is C28H29N3O3. The van der Waals surface area contributed by atoms with Crippen molar-refractivity contribution >= 4 is 34.8 Å². The molecule has 0 radical (unpaired) electrons. The van der Waals surface area contributed by atoms with Gasteiger partial charge in [0, 0.05) is 35.6 Å². The molecular weight excluding hydrogens is 426 g/mol. The van der Waals surface area contributed by atoms with E-state index in [9.17, 15) is 14.4 Å². The van der Waals surface area contributed by atoms with Gasteiger partial charge in [0.05, 0.1) is 5.92 Å². The van der Waals surface area contributed by atoms with E-state index < -0.39 is 5.92 Å². The normalized spacial score (nSPS) is 15.3. The predicted octanol–water partition coefficient (Wildman–Crippen LogP) is 5.11. The lowest BCUT2D eigenvalue weighted by Gasteiger charge is -2.20. The maximum absolute atomic E-state index is 12.9. The summed E-state index contributed by atoms with van der Waals surface area (Å²) in [5, 5.41) is 5.81. The number of amides is 3. The predicted molar refractivity (Wildman–Crippen MR) is 135 cm³/mol. The summed E-state index contributed by atoms with van der Waals surface area (Å²) in [5.74, 6) is -0.981. The van der Waals surface area contributed by atoms with E-state index in [1.165, 1.54) is 0 Å². The molecule has 1 fully saturated rings. The van der Waals surface area contributed by atoms with Crippen LogP contribution in [0.5, 0.6) is 0 Å². The molecule has 0 bridgehead atoms. The fraction of sp³-hybridized carbons (Fsp3) is 0.250. The fourth-order valence-corrected chi connectivity index (χ4v) is 4.32. The van der Waals surface area contributed by atoms with Gasteiger partial charge >= 0.3 is 0 Å². The van der Waals surface area contributed by atoms with Crippen LogP contribution in [0.3, 0.4) is 0 Å². The molecule has 6 nitrogen and oxygen atoms in total. The van der Waals surface area contributed by atoms with Crippen LogP contribution in [0.4, 0.5) is 17.1 Å². The van der Waals surface area contributed by atoms with Crippen molar-refractivity contribution in [1.82, 2.24) is 0 Å². The van der Waals surface area contributed by atoms with Crippen LogP contribution in [-0.4, -0.2) is 24.3 Å². The number of nitrogens with zero attached hydrogens (tertiary/aromatic N) is 1. The molecule has 1 aliphatic rings. The highest BCUT2D eigenvalue weighted by molar-refractivity contribution is 6.07. The average Bonchev–Trinajstić information content (AvgIpc) is 3.22. The van der Waals surface area contributed by atoms with E-state index in [-0.39, 0.29) is 24.1 Å². The second kappa shape index (κ2) is 9.91. The summed E-state index contributed by atoms with van der Waals surface area (Å²) >= 11 is 0. The van der Waals surface area contributed by atoms with Crippen molar-refractivity contribution in [2.24, 2.45) is 5.92 Å².